The van der Waals surface area contributed by atoms with E-state index < -0.39 is 18.1 Å². The molecule has 1 unspecified atom stereocenters. The van der Waals surface area contributed by atoms with Crippen LogP contribution in [0.5, 0.6) is 0 Å². The van der Waals surface area contributed by atoms with Crippen LogP contribution in [0, 0.1) is 5.92 Å². The van der Waals surface area contributed by atoms with E-state index in [0.29, 0.717) is 18.9 Å². The lowest BCUT2D eigenvalue weighted by molar-refractivity contribution is -0.131. The number of hydrogen-bond donors (Lipinski definition) is 1. The van der Waals surface area contributed by atoms with Gasteiger partial charge in [-0.05, 0) is 6.92 Å². The number of carbonyl (C=O) groups excluding carboxylic acids is 1. The number of ether oxygens (including phenoxy) is 2. The maximum Gasteiger partial charge on any atom is 0.261 e. The summed E-state index contributed by atoms with van der Waals surface area (Å²) < 4.78 is 10.8. The molecule has 2 aliphatic heterocycles. The van der Waals surface area contributed by atoms with Crippen molar-refractivity contribution in [2.45, 2.75) is 13.2 Å². The molecular formula is C13H11Cl4N3O3. The van der Waals surface area contributed by atoms with E-state index in [-0.39, 0.29) is 31.5 Å². The zero-order valence-corrected chi connectivity index (χ0v) is 14.8. The first-order chi connectivity index (χ1) is 10.8. The second kappa shape index (κ2) is 6.27. The first kappa shape index (κ1) is 17.1. The zero-order chi connectivity index (χ0) is 16.9. The average molecular weight is 399 g/mol. The topological polar surface area (TPSA) is 77.2 Å². The number of hydrogen-bond acceptors (Lipinski definition) is 5. The van der Waals surface area contributed by atoms with Gasteiger partial charge in [-0.15, -0.1) is 0 Å². The molecule has 1 amide bonds. The fourth-order valence-corrected chi connectivity index (χ4v) is 3.51. The molecular weight excluding hydrogens is 388 g/mol. The predicted molar refractivity (Wildman–Crippen MR) is 90.7 cm³/mol. The van der Waals surface area contributed by atoms with Crippen LogP contribution < -0.4 is 10.7 Å². The van der Waals surface area contributed by atoms with Crippen molar-refractivity contribution in [1.29, 1.82) is 0 Å². The molecule has 2 N–H and O–H groups in total. The van der Waals surface area contributed by atoms with Gasteiger partial charge in [-0.3, -0.25) is 4.79 Å². The number of nitrogens with zero attached hydrogens (tertiary/aromatic N) is 2. The molecule has 0 saturated carbocycles. The minimum Gasteiger partial charge on any atom is -0.396 e. The van der Waals surface area contributed by atoms with Crippen molar-refractivity contribution < 1.29 is 14.3 Å². The van der Waals surface area contributed by atoms with Gasteiger partial charge in [-0.25, -0.2) is 0 Å². The Labute approximate surface area is 152 Å². The van der Waals surface area contributed by atoms with E-state index in [2.05, 4.69) is 5.10 Å². The van der Waals surface area contributed by atoms with E-state index in [1.165, 1.54) is 0 Å². The Morgan fingerprint density at radius 2 is 1.70 bits per heavy atom. The van der Waals surface area contributed by atoms with E-state index >= 15 is 0 Å². The summed E-state index contributed by atoms with van der Waals surface area (Å²) in [6, 6.07) is 0. The third-order valence-corrected chi connectivity index (χ3v) is 5.30. The monoisotopic (exact) mass is 397 g/mol. The largest absolute Gasteiger partial charge is 0.396 e. The standard InChI is InChI=1S/C13H11Cl4N3O3/c1-4-5(13-22-2-3-23-13)12(21)20(19-4)11-8(16)6(14)7(15)10(18)9(11)17/h5,13H,2-3,18H2,1H3. The van der Waals surface area contributed by atoms with Gasteiger partial charge in [0.1, 0.15) is 11.6 Å². The fourth-order valence-electron chi connectivity index (χ4n) is 2.45. The lowest BCUT2D eigenvalue weighted by atomic mass is 10.0. The molecule has 0 spiro atoms. The molecule has 2 aliphatic rings. The smallest absolute Gasteiger partial charge is 0.261 e. The number of rotatable bonds is 2. The minimum atomic E-state index is -0.686. The lowest BCUT2D eigenvalue weighted by Gasteiger charge is -2.21. The summed E-state index contributed by atoms with van der Waals surface area (Å²) in [6.07, 6.45) is -0.686. The number of amides is 1. The summed E-state index contributed by atoms with van der Waals surface area (Å²) in [4.78, 5) is 12.7. The molecule has 1 aromatic rings. The highest BCUT2D eigenvalue weighted by atomic mass is 35.5. The number of nitrogen functional groups attached to an aromatic ring is 1. The van der Waals surface area contributed by atoms with Crippen molar-refractivity contribution in [3.63, 3.8) is 0 Å². The van der Waals surface area contributed by atoms with Crippen molar-refractivity contribution >= 4 is 69.4 Å². The van der Waals surface area contributed by atoms with E-state index in [1.54, 1.807) is 6.92 Å². The van der Waals surface area contributed by atoms with Crippen molar-refractivity contribution in [2.75, 3.05) is 24.0 Å². The van der Waals surface area contributed by atoms with Gasteiger partial charge >= 0.3 is 0 Å². The van der Waals surface area contributed by atoms with Crippen LogP contribution in [0.25, 0.3) is 0 Å². The number of halogens is 4. The molecule has 2 heterocycles. The van der Waals surface area contributed by atoms with Crippen LogP contribution in [0.1, 0.15) is 6.92 Å². The summed E-state index contributed by atoms with van der Waals surface area (Å²) in [7, 11) is 0. The van der Waals surface area contributed by atoms with Crippen molar-refractivity contribution in [2.24, 2.45) is 11.0 Å². The van der Waals surface area contributed by atoms with Crippen LogP contribution in [-0.4, -0.2) is 31.1 Å². The molecule has 1 fully saturated rings. The molecule has 1 atom stereocenters. The molecule has 3 rings (SSSR count). The van der Waals surface area contributed by atoms with Gasteiger partial charge in [0, 0.05) is 0 Å². The van der Waals surface area contributed by atoms with Crippen LogP contribution in [0.3, 0.4) is 0 Å². The van der Waals surface area contributed by atoms with Crippen molar-refractivity contribution in [1.82, 2.24) is 0 Å². The molecule has 23 heavy (non-hydrogen) atoms. The molecule has 0 radical (unpaired) electrons. The van der Waals surface area contributed by atoms with Gasteiger partial charge in [0.15, 0.2) is 6.29 Å². The highest BCUT2D eigenvalue weighted by Gasteiger charge is 2.44. The first-order valence-corrected chi connectivity index (χ1v) is 8.09. The Kier molecular flexibility index (Phi) is 4.66. The molecule has 124 valence electrons. The summed E-state index contributed by atoms with van der Waals surface area (Å²) >= 11 is 24.4. The van der Waals surface area contributed by atoms with E-state index in [9.17, 15) is 4.79 Å². The quantitative estimate of drug-likeness (QED) is 0.469. The molecule has 10 heteroatoms. The second-order valence-corrected chi connectivity index (χ2v) is 6.51. The van der Waals surface area contributed by atoms with Crippen LogP contribution in [0.4, 0.5) is 11.4 Å². The van der Waals surface area contributed by atoms with Crippen LogP contribution in [0.15, 0.2) is 5.10 Å². The number of nitrogens with two attached hydrogens (primary N) is 1. The van der Waals surface area contributed by atoms with Gasteiger partial charge in [0.25, 0.3) is 5.91 Å². The van der Waals surface area contributed by atoms with E-state index in [4.69, 9.17) is 61.6 Å². The third kappa shape index (κ3) is 2.67. The highest BCUT2D eigenvalue weighted by Crippen LogP contribution is 2.49. The Morgan fingerprint density at radius 1 is 1.09 bits per heavy atom. The average Bonchev–Trinajstić information content (AvgIpc) is 3.12. The van der Waals surface area contributed by atoms with Gasteiger partial charge in [0.05, 0.1) is 44.7 Å². The predicted octanol–water partition coefficient (Wildman–Crippen LogP) is 3.59. The number of anilines is 2. The fraction of sp³-hybridized carbons (Fsp3) is 0.385. The highest BCUT2D eigenvalue weighted by molar-refractivity contribution is 6.53. The molecule has 1 saturated heterocycles. The van der Waals surface area contributed by atoms with Gasteiger partial charge in [-0.2, -0.15) is 10.1 Å². The molecule has 0 aliphatic carbocycles. The maximum atomic E-state index is 12.7. The molecule has 0 aromatic heterocycles. The van der Waals surface area contributed by atoms with Crippen LogP contribution in [-0.2, 0) is 14.3 Å². The number of hydrazone groups is 1. The molecule has 6 nitrogen and oxygen atoms in total. The zero-order valence-electron chi connectivity index (χ0n) is 11.8. The third-order valence-electron chi connectivity index (χ3n) is 3.59. The van der Waals surface area contributed by atoms with Crippen LogP contribution >= 0.6 is 46.4 Å². The Morgan fingerprint density at radius 3 is 2.30 bits per heavy atom. The van der Waals surface area contributed by atoms with E-state index in [1.807, 2.05) is 0 Å². The molecule has 1 aromatic carbocycles. The lowest BCUT2D eigenvalue weighted by Crippen LogP contribution is -2.36. The SMILES string of the molecule is CC1=NN(c2c(Cl)c(N)c(Cl)c(Cl)c2Cl)C(=O)C1C1OCCO1. The normalized spacial score (nSPS) is 22.1. The van der Waals surface area contributed by atoms with Gasteiger partial charge in [0.2, 0.25) is 0 Å². The first-order valence-electron chi connectivity index (χ1n) is 6.58. The van der Waals surface area contributed by atoms with Crippen molar-refractivity contribution in [3.8, 4) is 0 Å². The summed E-state index contributed by atoms with van der Waals surface area (Å²) in [6.45, 7) is 2.53. The van der Waals surface area contributed by atoms with Crippen LogP contribution in [0.2, 0.25) is 20.1 Å². The summed E-state index contributed by atoms with van der Waals surface area (Å²) in [5.41, 5.74) is 6.44. The van der Waals surface area contributed by atoms with Crippen molar-refractivity contribution in [3.05, 3.63) is 20.1 Å². The van der Waals surface area contributed by atoms with Gasteiger partial charge in [-0.1, -0.05) is 46.4 Å². The Balaban J connectivity index is 2.05. The Bertz CT molecular complexity index is 690. The second-order valence-electron chi connectivity index (χ2n) is 5.00. The number of benzene rings is 1. The maximum absolute atomic E-state index is 12.7. The van der Waals surface area contributed by atoms with E-state index in [0.717, 1.165) is 5.01 Å². The van der Waals surface area contributed by atoms with Gasteiger partial charge < -0.3 is 15.2 Å². The summed E-state index contributed by atoms with van der Waals surface area (Å²) in [5.74, 6) is -1.07. The minimum absolute atomic E-state index is 0.00250. The molecule has 0 bridgehead atoms. The number of carbonyl (C=O) groups is 1. The summed E-state index contributed by atoms with van der Waals surface area (Å²) in [5, 5.41) is 5.30. The Hall–Kier alpha value is -0.760.